The Morgan fingerprint density at radius 3 is 2.57 bits per heavy atom. The summed E-state index contributed by atoms with van der Waals surface area (Å²) in [5.41, 5.74) is 6.50. The zero-order chi connectivity index (χ0) is 9.97. The van der Waals surface area contributed by atoms with Gasteiger partial charge in [0.2, 0.25) is 0 Å². The zero-order valence-electron chi connectivity index (χ0n) is 7.47. The molecule has 0 spiro atoms. The number of nitrogens with two attached hydrogens (primary N) is 1. The van der Waals surface area contributed by atoms with Crippen LogP contribution in [0.1, 0.15) is 4.88 Å². The summed E-state index contributed by atoms with van der Waals surface area (Å²) >= 11 is 1.57. The molecule has 0 saturated carbocycles. The number of rotatable bonds is 2. The highest BCUT2D eigenvalue weighted by Crippen LogP contribution is 2.26. The van der Waals surface area contributed by atoms with Crippen molar-refractivity contribution in [2.75, 3.05) is 0 Å². The first kappa shape index (κ1) is 9.18. The van der Waals surface area contributed by atoms with Gasteiger partial charge in [-0.25, -0.2) is 4.98 Å². The maximum atomic E-state index is 9.12. The Bertz CT molecular complexity index is 422. The second kappa shape index (κ2) is 3.77. The SMILES string of the molecule is NCc1cnc(-c2ccc(O)cc2)s1. The second-order valence-electron chi connectivity index (χ2n) is 2.88. The lowest BCUT2D eigenvalue weighted by atomic mass is 10.2. The van der Waals surface area contributed by atoms with Crippen molar-refractivity contribution in [3.63, 3.8) is 0 Å². The van der Waals surface area contributed by atoms with Gasteiger partial charge in [0.1, 0.15) is 10.8 Å². The normalized spacial score (nSPS) is 10.4. The number of aromatic hydroxyl groups is 1. The van der Waals surface area contributed by atoms with Gasteiger partial charge in [0.25, 0.3) is 0 Å². The summed E-state index contributed by atoms with van der Waals surface area (Å²) in [5, 5.41) is 10.1. The van der Waals surface area contributed by atoms with E-state index in [0.29, 0.717) is 6.54 Å². The van der Waals surface area contributed by atoms with Gasteiger partial charge in [-0.2, -0.15) is 0 Å². The maximum absolute atomic E-state index is 9.12. The van der Waals surface area contributed by atoms with Crippen LogP contribution >= 0.6 is 11.3 Å². The van der Waals surface area contributed by atoms with E-state index in [1.807, 2.05) is 12.1 Å². The van der Waals surface area contributed by atoms with Crippen molar-refractivity contribution in [2.45, 2.75) is 6.54 Å². The lowest BCUT2D eigenvalue weighted by molar-refractivity contribution is 0.475. The van der Waals surface area contributed by atoms with E-state index in [1.54, 1.807) is 29.7 Å². The molecule has 0 amide bonds. The lowest BCUT2D eigenvalue weighted by Gasteiger charge is -1.95. The van der Waals surface area contributed by atoms with Gasteiger partial charge in [0.15, 0.2) is 0 Å². The van der Waals surface area contributed by atoms with E-state index in [0.717, 1.165) is 15.4 Å². The van der Waals surface area contributed by atoms with E-state index in [1.165, 1.54) is 0 Å². The van der Waals surface area contributed by atoms with Gasteiger partial charge in [-0.3, -0.25) is 0 Å². The molecule has 1 aromatic heterocycles. The van der Waals surface area contributed by atoms with Gasteiger partial charge in [0, 0.05) is 23.2 Å². The maximum Gasteiger partial charge on any atom is 0.123 e. The van der Waals surface area contributed by atoms with Crippen molar-refractivity contribution in [2.24, 2.45) is 5.73 Å². The highest BCUT2D eigenvalue weighted by molar-refractivity contribution is 7.15. The predicted octanol–water partition coefficient (Wildman–Crippen LogP) is 1.97. The summed E-state index contributed by atoms with van der Waals surface area (Å²) in [4.78, 5) is 5.31. The molecular formula is C10H10N2OS. The fourth-order valence-electron chi connectivity index (χ4n) is 1.14. The molecule has 2 aromatic rings. The van der Waals surface area contributed by atoms with Gasteiger partial charge in [-0.15, -0.1) is 11.3 Å². The molecule has 2 rings (SSSR count). The molecule has 4 heteroatoms. The number of thiazole rings is 1. The molecule has 0 fully saturated rings. The Hall–Kier alpha value is -1.39. The summed E-state index contributed by atoms with van der Waals surface area (Å²) in [6, 6.07) is 6.99. The fourth-order valence-corrected chi connectivity index (χ4v) is 1.94. The summed E-state index contributed by atoms with van der Waals surface area (Å²) in [5.74, 6) is 0.268. The van der Waals surface area contributed by atoms with E-state index in [4.69, 9.17) is 10.8 Å². The average Bonchev–Trinajstić information content (AvgIpc) is 2.67. The first-order valence-electron chi connectivity index (χ1n) is 4.24. The number of hydrogen-bond donors (Lipinski definition) is 2. The Labute approximate surface area is 85.8 Å². The molecule has 0 radical (unpaired) electrons. The third-order valence-corrected chi connectivity index (χ3v) is 2.94. The Morgan fingerprint density at radius 2 is 2.00 bits per heavy atom. The van der Waals surface area contributed by atoms with Crippen LogP contribution in [0.3, 0.4) is 0 Å². The number of aromatic nitrogens is 1. The van der Waals surface area contributed by atoms with Crippen LogP contribution in [0, 0.1) is 0 Å². The van der Waals surface area contributed by atoms with E-state index in [-0.39, 0.29) is 5.75 Å². The summed E-state index contributed by atoms with van der Waals surface area (Å²) in [6.07, 6.45) is 1.78. The minimum Gasteiger partial charge on any atom is -0.508 e. The Kier molecular flexibility index (Phi) is 2.47. The van der Waals surface area contributed by atoms with Gasteiger partial charge in [0.05, 0.1) is 0 Å². The van der Waals surface area contributed by atoms with Crippen LogP contribution in [0.15, 0.2) is 30.5 Å². The molecular weight excluding hydrogens is 196 g/mol. The molecule has 0 atom stereocenters. The quantitative estimate of drug-likeness (QED) is 0.789. The lowest BCUT2D eigenvalue weighted by Crippen LogP contribution is -1.91. The third kappa shape index (κ3) is 1.76. The molecule has 0 aliphatic carbocycles. The van der Waals surface area contributed by atoms with Gasteiger partial charge in [-0.1, -0.05) is 0 Å². The van der Waals surface area contributed by atoms with Gasteiger partial charge in [-0.05, 0) is 24.3 Å². The smallest absolute Gasteiger partial charge is 0.123 e. The molecule has 0 aliphatic rings. The van der Waals surface area contributed by atoms with Crippen molar-refractivity contribution < 1.29 is 5.11 Å². The van der Waals surface area contributed by atoms with Crippen LogP contribution in [-0.4, -0.2) is 10.1 Å². The van der Waals surface area contributed by atoms with E-state index >= 15 is 0 Å². The predicted molar refractivity (Wildman–Crippen MR) is 57.1 cm³/mol. The molecule has 1 aromatic carbocycles. The zero-order valence-corrected chi connectivity index (χ0v) is 8.29. The van der Waals surface area contributed by atoms with Crippen LogP contribution in [-0.2, 0) is 6.54 Å². The van der Waals surface area contributed by atoms with Gasteiger partial charge >= 0.3 is 0 Å². The summed E-state index contributed by atoms with van der Waals surface area (Å²) in [7, 11) is 0. The van der Waals surface area contributed by atoms with Crippen LogP contribution in [0.25, 0.3) is 10.6 Å². The van der Waals surface area contributed by atoms with Crippen molar-refractivity contribution in [3.05, 3.63) is 35.3 Å². The molecule has 3 nitrogen and oxygen atoms in total. The molecule has 1 heterocycles. The number of hydrogen-bond acceptors (Lipinski definition) is 4. The largest absolute Gasteiger partial charge is 0.508 e. The molecule has 0 saturated heterocycles. The standard InChI is InChI=1S/C10H10N2OS/c11-5-9-6-12-10(14-9)7-1-3-8(13)4-2-7/h1-4,6,13H,5,11H2. The molecule has 14 heavy (non-hydrogen) atoms. The highest BCUT2D eigenvalue weighted by atomic mass is 32.1. The van der Waals surface area contributed by atoms with Crippen molar-refractivity contribution in [1.82, 2.24) is 4.98 Å². The first-order chi connectivity index (χ1) is 6.79. The summed E-state index contributed by atoms with van der Waals surface area (Å²) in [6.45, 7) is 0.524. The second-order valence-corrected chi connectivity index (χ2v) is 4.00. The minimum absolute atomic E-state index is 0.268. The average molecular weight is 206 g/mol. The fraction of sp³-hybridized carbons (Fsp3) is 0.100. The van der Waals surface area contributed by atoms with E-state index < -0.39 is 0 Å². The van der Waals surface area contributed by atoms with Crippen molar-refractivity contribution >= 4 is 11.3 Å². The monoisotopic (exact) mass is 206 g/mol. The first-order valence-corrected chi connectivity index (χ1v) is 5.05. The number of phenols is 1. The van der Waals surface area contributed by atoms with Crippen molar-refractivity contribution in [1.29, 1.82) is 0 Å². The minimum atomic E-state index is 0.268. The van der Waals surface area contributed by atoms with Crippen LogP contribution < -0.4 is 5.73 Å². The van der Waals surface area contributed by atoms with E-state index in [2.05, 4.69) is 4.98 Å². The van der Waals surface area contributed by atoms with Crippen molar-refractivity contribution in [3.8, 4) is 16.3 Å². The van der Waals surface area contributed by atoms with Crippen LogP contribution in [0.5, 0.6) is 5.75 Å². The molecule has 3 N–H and O–H groups in total. The topological polar surface area (TPSA) is 59.1 Å². The third-order valence-electron chi connectivity index (χ3n) is 1.87. The molecule has 0 bridgehead atoms. The van der Waals surface area contributed by atoms with Crippen LogP contribution in [0.2, 0.25) is 0 Å². The Balaban J connectivity index is 2.34. The number of benzene rings is 1. The molecule has 72 valence electrons. The number of phenolic OH excluding ortho intramolecular Hbond substituents is 1. The highest BCUT2D eigenvalue weighted by Gasteiger charge is 2.02. The Morgan fingerprint density at radius 1 is 1.29 bits per heavy atom. The molecule has 0 unspecified atom stereocenters. The number of nitrogens with zero attached hydrogens (tertiary/aromatic N) is 1. The van der Waals surface area contributed by atoms with Gasteiger partial charge < -0.3 is 10.8 Å². The van der Waals surface area contributed by atoms with Crippen LogP contribution in [0.4, 0.5) is 0 Å². The molecule has 0 aliphatic heterocycles. The summed E-state index contributed by atoms with van der Waals surface area (Å²) < 4.78 is 0. The van der Waals surface area contributed by atoms with E-state index in [9.17, 15) is 0 Å².